The molecule has 0 aliphatic heterocycles. The van der Waals surface area contributed by atoms with Crippen molar-refractivity contribution < 1.29 is 9.90 Å². The fourth-order valence-electron chi connectivity index (χ4n) is 2.33. The Morgan fingerprint density at radius 2 is 2.00 bits per heavy atom. The average Bonchev–Trinajstić information content (AvgIpc) is 2.71. The lowest BCUT2D eigenvalue weighted by atomic mass is 10.0. The lowest BCUT2D eigenvalue weighted by Crippen LogP contribution is -1.99. The minimum atomic E-state index is 0.168. The number of aldehydes is 1. The number of aromatic nitrogens is 1. The summed E-state index contributed by atoms with van der Waals surface area (Å²) in [4.78, 5) is 11.1. The van der Waals surface area contributed by atoms with Crippen LogP contribution in [0.5, 0.6) is 0 Å². The minimum Gasteiger partial charge on any atom is -0.396 e. The van der Waals surface area contributed by atoms with Crippen LogP contribution in [0.2, 0.25) is 0 Å². The van der Waals surface area contributed by atoms with Gasteiger partial charge >= 0.3 is 0 Å². The van der Waals surface area contributed by atoms with E-state index < -0.39 is 0 Å². The Morgan fingerprint density at radius 3 is 2.65 bits per heavy atom. The van der Waals surface area contributed by atoms with Gasteiger partial charge < -0.3 is 9.67 Å². The number of aryl methyl sites for hydroxylation is 3. The quantitative estimate of drug-likeness (QED) is 0.821. The number of carbonyl (C=O) groups is 1. The van der Waals surface area contributed by atoms with E-state index >= 15 is 0 Å². The van der Waals surface area contributed by atoms with Crippen molar-refractivity contribution in [2.75, 3.05) is 6.61 Å². The van der Waals surface area contributed by atoms with Crippen LogP contribution in [0.1, 0.15) is 27.9 Å². The zero-order valence-corrected chi connectivity index (χ0v) is 10.2. The second kappa shape index (κ2) is 4.72. The summed E-state index contributed by atoms with van der Waals surface area (Å²) in [5.74, 6) is 0. The summed E-state index contributed by atoms with van der Waals surface area (Å²) in [6.07, 6.45) is 3.49. The molecule has 1 aromatic heterocycles. The maximum atomic E-state index is 11.1. The molecule has 3 nitrogen and oxygen atoms in total. The van der Waals surface area contributed by atoms with Crippen molar-refractivity contribution in [1.29, 1.82) is 0 Å². The molecule has 1 N–H and O–H groups in total. The number of aliphatic hydroxyl groups is 1. The van der Waals surface area contributed by atoms with Crippen LogP contribution >= 0.6 is 0 Å². The summed E-state index contributed by atoms with van der Waals surface area (Å²) in [5.41, 5.74) is 4.13. The molecule has 90 valence electrons. The number of carbonyl (C=O) groups excluding carboxylic acids is 1. The maximum absolute atomic E-state index is 11.1. The number of rotatable bonds is 4. The number of aliphatic hydroxyl groups excluding tert-OH is 1. The summed E-state index contributed by atoms with van der Waals surface area (Å²) in [5, 5.41) is 9.94. The summed E-state index contributed by atoms with van der Waals surface area (Å²) in [7, 11) is 0. The molecule has 3 heteroatoms. The molecule has 0 saturated heterocycles. The van der Waals surface area contributed by atoms with Gasteiger partial charge in [-0.05, 0) is 31.4 Å². The van der Waals surface area contributed by atoms with Gasteiger partial charge in [-0.3, -0.25) is 4.79 Å². The Bertz CT molecular complexity index is 555. The highest BCUT2D eigenvalue weighted by molar-refractivity contribution is 6.00. The second-order valence-electron chi connectivity index (χ2n) is 4.40. The van der Waals surface area contributed by atoms with Crippen LogP contribution in [0.15, 0.2) is 18.3 Å². The van der Waals surface area contributed by atoms with Gasteiger partial charge in [0, 0.05) is 30.3 Å². The van der Waals surface area contributed by atoms with Crippen molar-refractivity contribution in [3.8, 4) is 0 Å². The normalized spacial score (nSPS) is 11.0. The molecule has 2 rings (SSSR count). The van der Waals surface area contributed by atoms with Gasteiger partial charge in [-0.1, -0.05) is 12.1 Å². The van der Waals surface area contributed by atoms with Crippen LogP contribution in [-0.2, 0) is 6.54 Å². The third-order valence-corrected chi connectivity index (χ3v) is 3.14. The molecule has 0 bridgehead atoms. The third kappa shape index (κ3) is 1.98. The van der Waals surface area contributed by atoms with Gasteiger partial charge in [0.05, 0.1) is 5.52 Å². The van der Waals surface area contributed by atoms with E-state index in [0.717, 1.165) is 40.4 Å². The summed E-state index contributed by atoms with van der Waals surface area (Å²) in [6.45, 7) is 4.98. The van der Waals surface area contributed by atoms with E-state index in [4.69, 9.17) is 5.11 Å². The summed E-state index contributed by atoms with van der Waals surface area (Å²) >= 11 is 0. The Morgan fingerprint density at radius 1 is 1.29 bits per heavy atom. The van der Waals surface area contributed by atoms with Gasteiger partial charge in [0.1, 0.15) is 0 Å². The first kappa shape index (κ1) is 11.9. The van der Waals surface area contributed by atoms with E-state index in [-0.39, 0.29) is 6.61 Å². The highest BCUT2D eigenvalue weighted by Gasteiger charge is 2.11. The molecule has 2 aromatic rings. The SMILES string of the molecule is Cc1ccc(C)c2c1c(C=O)cn2CCCO. The molecule has 0 aliphatic carbocycles. The van der Waals surface area contributed by atoms with Crippen LogP contribution in [0, 0.1) is 13.8 Å². The fourth-order valence-corrected chi connectivity index (χ4v) is 2.33. The third-order valence-electron chi connectivity index (χ3n) is 3.14. The highest BCUT2D eigenvalue weighted by Crippen LogP contribution is 2.27. The van der Waals surface area contributed by atoms with Crippen molar-refractivity contribution in [3.63, 3.8) is 0 Å². The Labute approximate surface area is 101 Å². The number of hydrogen-bond donors (Lipinski definition) is 1. The number of fused-ring (bicyclic) bond motifs is 1. The Hall–Kier alpha value is -1.61. The predicted octanol–water partition coefficient (Wildman–Crippen LogP) is 2.45. The molecule has 0 aliphatic rings. The highest BCUT2D eigenvalue weighted by atomic mass is 16.3. The average molecular weight is 231 g/mol. The Kier molecular flexibility index (Phi) is 3.29. The number of nitrogens with zero attached hydrogens (tertiary/aromatic N) is 1. The largest absolute Gasteiger partial charge is 0.396 e. The predicted molar refractivity (Wildman–Crippen MR) is 68.5 cm³/mol. The van der Waals surface area contributed by atoms with E-state index in [9.17, 15) is 4.79 Å². The molecule has 0 atom stereocenters. The van der Waals surface area contributed by atoms with Crippen LogP contribution in [0.4, 0.5) is 0 Å². The lowest BCUT2D eigenvalue weighted by Gasteiger charge is -2.07. The van der Waals surface area contributed by atoms with Crippen LogP contribution < -0.4 is 0 Å². The molecule has 17 heavy (non-hydrogen) atoms. The van der Waals surface area contributed by atoms with Crippen LogP contribution in [0.25, 0.3) is 10.9 Å². The monoisotopic (exact) mass is 231 g/mol. The van der Waals surface area contributed by atoms with Gasteiger partial charge in [0.2, 0.25) is 0 Å². The first-order chi connectivity index (χ1) is 8.19. The van der Waals surface area contributed by atoms with Gasteiger partial charge in [0.15, 0.2) is 6.29 Å². The molecule has 0 amide bonds. The minimum absolute atomic E-state index is 0.168. The zero-order chi connectivity index (χ0) is 12.4. The number of benzene rings is 1. The van der Waals surface area contributed by atoms with Crippen LogP contribution in [-0.4, -0.2) is 22.6 Å². The van der Waals surface area contributed by atoms with E-state index in [1.54, 1.807) is 0 Å². The summed E-state index contributed by atoms with van der Waals surface area (Å²) < 4.78 is 2.07. The first-order valence-electron chi connectivity index (χ1n) is 5.84. The molecule has 0 spiro atoms. The maximum Gasteiger partial charge on any atom is 0.152 e. The van der Waals surface area contributed by atoms with E-state index in [1.807, 2.05) is 26.1 Å². The van der Waals surface area contributed by atoms with Gasteiger partial charge in [-0.25, -0.2) is 0 Å². The molecular formula is C14H17NO2. The van der Waals surface area contributed by atoms with E-state index in [1.165, 1.54) is 0 Å². The van der Waals surface area contributed by atoms with Gasteiger partial charge in [-0.2, -0.15) is 0 Å². The molecule has 1 heterocycles. The van der Waals surface area contributed by atoms with Crippen molar-refractivity contribution in [2.24, 2.45) is 0 Å². The first-order valence-corrected chi connectivity index (χ1v) is 5.84. The smallest absolute Gasteiger partial charge is 0.152 e. The molecule has 0 unspecified atom stereocenters. The van der Waals surface area contributed by atoms with E-state index in [2.05, 4.69) is 10.6 Å². The fraction of sp³-hybridized carbons (Fsp3) is 0.357. The second-order valence-corrected chi connectivity index (χ2v) is 4.40. The zero-order valence-electron chi connectivity index (χ0n) is 10.2. The molecule has 1 aromatic carbocycles. The number of hydrogen-bond acceptors (Lipinski definition) is 2. The molecule has 0 radical (unpaired) electrons. The van der Waals surface area contributed by atoms with Gasteiger partial charge in [-0.15, -0.1) is 0 Å². The molecule has 0 fully saturated rings. The van der Waals surface area contributed by atoms with Crippen molar-refractivity contribution in [2.45, 2.75) is 26.8 Å². The van der Waals surface area contributed by atoms with Gasteiger partial charge in [0.25, 0.3) is 0 Å². The van der Waals surface area contributed by atoms with Crippen molar-refractivity contribution >= 4 is 17.2 Å². The topological polar surface area (TPSA) is 42.2 Å². The van der Waals surface area contributed by atoms with E-state index in [0.29, 0.717) is 6.42 Å². The van der Waals surface area contributed by atoms with Crippen LogP contribution in [0.3, 0.4) is 0 Å². The lowest BCUT2D eigenvalue weighted by molar-refractivity contribution is 0.112. The Balaban J connectivity index is 2.68. The standard InChI is InChI=1S/C14H17NO2/c1-10-4-5-11(2)14-13(10)12(9-17)8-15(14)6-3-7-16/h4-5,8-9,16H,3,6-7H2,1-2H3. The van der Waals surface area contributed by atoms with Crippen molar-refractivity contribution in [3.05, 3.63) is 35.0 Å². The summed E-state index contributed by atoms with van der Waals surface area (Å²) in [6, 6.07) is 4.11. The molecular weight excluding hydrogens is 214 g/mol. The molecule has 0 saturated carbocycles. The van der Waals surface area contributed by atoms with Crippen molar-refractivity contribution in [1.82, 2.24) is 4.57 Å².